The average Bonchev–Trinajstić information content (AvgIpc) is 2.62. The molecule has 2 fully saturated rings. The molecule has 0 atom stereocenters. The lowest BCUT2D eigenvalue weighted by molar-refractivity contribution is 0.410. The molecule has 2 aliphatic rings. The molecule has 1 aliphatic heterocycles. The summed E-state index contributed by atoms with van der Waals surface area (Å²) in [7, 11) is -1.87. The van der Waals surface area contributed by atoms with E-state index in [1.165, 1.54) is 6.42 Å². The SMILES string of the molecule is COc1ccc(S(=O)(=O)NC2CCCCC2)cc1N1CCNCC1.Cl. The number of hydrogen-bond acceptors (Lipinski definition) is 5. The zero-order chi connectivity index (χ0) is 17.0. The lowest BCUT2D eigenvalue weighted by atomic mass is 9.96. The van der Waals surface area contributed by atoms with Crippen molar-refractivity contribution in [3.05, 3.63) is 18.2 Å². The number of methoxy groups -OCH3 is 1. The first-order valence-electron chi connectivity index (χ1n) is 8.76. The highest BCUT2D eigenvalue weighted by Crippen LogP contribution is 2.31. The van der Waals surface area contributed by atoms with Crippen LogP contribution in [0.5, 0.6) is 5.75 Å². The van der Waals surface area contributed by atoms with Crippen molar-refractivity contribution in [2.45, 2.75) is 43.0 Å². The number of ether oxygens (including phenoxy) is 1. The number of benzene rings is 1. The van der Waals surface area contributed by atoms with Gasteiger partial charge >= 0.3 is 0 Å². The standard InChI is InChI=1S/C17H27N3O3S.ClH/c1-23-17-8-7-15(13-16(17)20-11-9-18-10-12-20)24(21,22)19-14-5-3-2-4-6-14;/h7-8,13-14,18-19H,2-6,9-12H2,1H3;1H. The number of nitrogens with one attached hydrogen (secondary N) is 2. The molecule has 1 saturated heterocycles. The number of anilines is 1. The van der Waals surface area contributed by atoms with E-state index in [0.717, 1.165) is 57.5 Å². The molecule has 1 aliphatic carbocycles. The molecule has 0 spiro atoms. The maximum atomic E-state index is 12.8. The Labute approximate surface area is 156 Å². The van der Waals surface area contributed by atoms with Gasteiger partial charge in [0.2, 0.25) is 10.0 Å². The minimum Gasteiger partial charge on any atom is -0.495 e. The van der Waals surface area contributed by atoms with E-state index < -0.39 is 10.0 Å². The molecule has 0 radical (unpaired) electrons. The lowest BCUT2D eigenvalue weighted by Gasteiger charge is -2.31. The van der Waals surface area contributed by atoms with Crippen LogP contribution in [0.2, 0.25) is 0 Å². The largest absolute Gasteiger partial charge is 0.495 e. The Kier molecular flexibility index (Phi) is 7.37. The van der Waals surface area contributed by atoms with Crippen molar-refractivity contribution in [1.82, 2.24) is 10.0 Å². The second-order valence-electron chi connectivity index (χ2n) is 6.53. The molecule has 1 heterocycles. The van der Waals surface area contributed by atoms with Crippen molar-refractivity contribution < 1.29 is 13.2 Å². The van der Waals surface area contributed by atoms with Gasteiger partial charge in [-0.15, -0.1) is 12.4 Å². The molecule has 3 rings (SSSR count). The van der Waals surface area contributed by atoms with Crippen LogP contribution in [0, 0.1) is 0 Å². The monoisotopic (exact) mass is 389 g/mol. The third-order valence-corrected chi connectivity index (χ3v) is 6.36. The van der Waals surface area contributed by atoms with Crippen molar-refractivity contribution in [2.75, 3.05) is 38.2 Å². The molecule has 1 aromatic rings. The minimum atomic E-state index is -3.49. The Morgan fingerprint density at radius 3 is 2.48 bits per heavy atom. The predicted octanol–water partition coefficient (Wildman–Crippen LogP) is 2.14. The van der Waals surface area contributed by atoms with E-state index >= 15 is 0 Å². The normalized spacial score (nSPS) is 19.3. The van der Waals surface area contributed by atoms with Gasteiger partial charge in [-0.2, -0.15) is 0 Å². The summed E-state index contributed by atoms with van der Waals surface area (Å²) in [4.78, 5) is 2.50. The first kappa shape index (κ1) is 20.3. The van der Waals surface area contributed by atoms with Gasteiger partial charge in [-0.25, -0.2) is 13.1 Å². The molecule has 1 saturated carbocycles. The molecule has 1 aromatic carbocycles. The predicted molar refractivity (Wildman–Crippen MR) is 103 cm³/mol. The fourth-order valence-electron chi connectivity index (χ4n) is 3.50. The Balaban J connectivity index is 0.00000225. The highest BCUT2D eigenvalue weighted by molar-refractivity contribution is 7.89. The number of halogens is 1. The van der Waals surface area contributed by atoms with Gasteiger partial charge in [0.25, 0.3) is 0 Å². The van der Waals surface area contributed by atoms with Crippen molar-refractivity contribution in [1.29, 1.82) is 0 Å². The van der Waals surface area contributed by atoms with Gasteiger partial charge in [-0.05, 0) is 31.0 Å². The Bertz CT molecular complexity index is 657. The van der Waals surface area contributed by atoms with E-state index in [9.17, 15) is 8.42 Å². The van der Waals surface area contributed by atoms with E-state index in [0.29, 0.717) is 10.6 Å². The van der Waals surface area contributed by atoms with Gasteiger partial charge in [-0.3, -0.25) is 0 Å². The number of sulfonamides is 1. The number of rotatable bonds is 5. The summed E-state index contributed by atoms with van der Waals surface area (Å²) in [5.74, 6) is 0.716. The molecule has 0 aromatic heterocycles. The van der Waals surface area contributed by atoms with Crippen LogP contribution in [0.3, 0.4) is 0 Å². The Morgan fingerprint density at radius 1 is 1.16 bits per heavy atom. The third-order valence-electron chi connectivity index (χ3n) is 4.85. The van der Waals surface area contributed by atoms with E-state index in [4.69, 9.17) is 4.74 Å². The van der Waals surface area contributed by atoms with Crippen LogP contribution in [0.4, 0.5) is 5.69 Å². The molecular weight excluding hydrogens is 362 g/mol. The van der Waals surface area contributed by atoms with Gasteiger partial charge in [0.05, 0.1) is 17.7 Å². The van der Waals surface area contributed by atoms with E-state index in [-0.39, 0.29) is 18.4 Å². The zero-order valence-corrected chi connectivity index (χ0v) is 16.3. The van der Waals surface area contributed by atoms with Gasteiger partial charge in [0.15, 0.2) is 0 Å². The summed E-state index contributed by atoms with van der Waals surface area (Å²) in [5.41, 5.74) is 0.852. The second-order valence-corrected chi connectivity index (χ2v) is 8.24. The maximum absolute atomic E-state index is 12.8. The molecule has 25 heavy (non-hydrogen) atoms. The van der Waals surface area contributed by atoms with Crippen LogP contribution in [0.25, 0.3) is 0 Å². The van der Waals surface area contributed by atoms with Crippen LogP contribution in [0.1, 0.15) is 32.1 Å². The smallest absolute Gasteiger partial charge is 0.240 e. The Morgan fingerprint density at radius 2 is 1.84 bits per heavy atom. The molecular formula is C17H28ClN3O3S. The van der Waals surface area contributed by atoms with Crippen LogP contribution in [-0.4, -0.2) is 47.7 Å². The molecule has 142 valence electrons. The zero-order valence-electron chi connectivity index (χ0n) is 14.7. The number of hydrogen-bond donors (Lipinski definition) is 2. The molecule has 2 N–H and O–H groups in total. The molecule has 6 nitrogen and oxygen atoms in total. The average molecular weight is 390 g/mol. The summed E-state index contributed by atoms with van der Waals surface area (Å²) in [5, 5.41) is 3.31. The molecule has 0 unspecified atom stereocenters. The van der Waals surface area contributed by atoms with E-state index in [1.807, 2.05) is 0 Å². The fraction of sp³-hybridized carbons (Fsp3) is 0.647. The van der Waals surface area contributed by atoms with Gasteiger partial charge in [0, 0.05) is 32.2 Å². The lowest BCUT2D eigenvalue weighted by Crippen LogP contribution is -2.43. The van der Waals surface area contributed by atoms with Crippen molar-refractivity contribution >= 4 is 28.1 Å². The minimum absolute atomic E-state index is 0. The van der Waals surface area contributed by atoms with Gasteiger partial charge in [0.1, 0.15) is 5.75 Å². The molecule has 0 amide bonds. The Hall–Kier alpha value is -1.02. The van der Waals surface area contributed by atoms with Crippen molar-refractivity contribution in [3.8, 4) is 5.75 Å². The fourth-order valence-corrected chi connectivity index (χ4v) is 4.82. The summed E-state index contributed by atoms with van der Waals surface area (Å²) in [6.45, 7) is 3.47. The van der Waals surface area contributed by atoms with Crippen LogP contribution < -0.4 is 19.7 Å². The summed E-state index contributed by atoms with van der Waals surface area (Å²) in [6, 6.07) is 5.20. The van der Waals surface area contributed by atoms with Crippen molar-refractivity contribution in [3.63, 3.8) is 0 Å². The van der Waals surface area contributed by atoms with E-state index in [1.54, 1.807) is 25.3 Å². The highest BCUT2D eigenvalue weighted by Gasteiger charge is 2.24. The summed E-state index contributed by atoms with van der Waals surface area (Å²) < 4.78 is 33.8. The van der Waals surface area contributed by atoms with Gasteiger partial charge < -0.3 is 15.0 Å². The molecule has 0 bridgehead atoms. The topological polar surface area (TPSA) is 70.7 Å². The first-order valence-corrected chi connectivity index (χ1v) is 10.2. The molecule has 8 heteroatoms. The van der Waals surface area contributed by atoms with Crippen LogP contribution in [-0.2, 0) is 10.0 Å². The first-order chi connectivity index (χ1) is 11.6. The summed E-state index contributed by atoms with van der Waals surface area (Å²) >= 11 is 0. The quantitative estimate of drug-likeness (QED) is 0.807. The van der Waals surface area contributed by atoms with Crippen LogP contribution >= 0.6 is 12.4 Å². The van der Waals surface area contributed by atoms with Crippen molar-refractivity contribution in [2.24, 2.45) is 0 Å². The van der Waals surface area contributed by atoms with E-state index in [2.05, 4.69) is 14.9 Å². The number of nitrogens with zero attached hydrogens (tertiary/aromatic N) is 1. The van der Waals surface area contributed by atoms with Gasteiger partial charge in [-0.1, -0.05) is 19.3 Å². The second kappa shape index (κ2) is 9.07. The third kappa shape index (κ3) is 5.00. The van der Waals surface area contributed by atoms with Crippen LogP contribution in [0.15, 0.2) is 23.1 Å². The highest BCUT2D eigenvalue weighted by atomic mass is 35.5. The number of piperazine rings is 1. The summed E-state index contributed by atoms with van der Waals surface area (Å²) in [6.07, 6.45) is 5.26. The maximum Gasteiger partial charge on any atom is 0.240 e.